The van der Waals surface area contributed by atoms with E-state index in [0.717, 1.165) is 30.2 Å². The van der Waals surface area contributed by atoms with Crippen molar-refractivity contribution in [2.75, 3.05) is 16.8 Å². The molecule has 1 saturated carbocycles. The zero-order valence-electron chi connectivity index (χ0n) is 13.0. The van der Waals surface area contributed by atoms with Crippen LogP contribution in [0, 0.1) is 11.6 Å². The van der Waals surface area contributed by atoms with Gasteiger partial charge >= 0.3 is 0 Å². The Labute approximate surface area is 148 Å². The topological polar surface area (TPSA) is 63.8 Å². The lowest BCUT2D eigenvalue weighted by Gasteiger charge is -2.11. The number of aromatic nitrogens is 2. The van der Waals surface area contributed by atoms with Crippen LogP contribution in [0.25, 0.3) is 0 Å². The lowest BCUT2D eigenvalue weighted by atomic mass is 10.1. The van der Waals surface area contributed by atoms with E-state index in [9.17, 15) is 8.78 Å². The average Bonchev–Trinajstić information content (AvgIpc) is 3.31. The van der Waals surface area contributed by atoms with E-state index in [1.807, 2.05) is 0 Å². The molecule has 0 saturated heterocycles. The van der Waals surface area contributed by atoms with E-state index >= 15 is 0 Å². The van der Waals surface area contributed by atoms with Crippen molar-refractivity contribution in [2.45, 2.75) is 36.9 Å². The Bertz CT molecular complexity index is 759. The number of nitrogens with one attached hydrogen (secondary N) is 1. The molecule has 0 aliphatic heterocycles. The Morgan fingerprint density at radius 1 is 1.33 bits per heavy atom. The molecule has 0 radical (unpaired) electrons. The first-order valence-electron chi connectivity index (χ1n) is 7.67. The number of nitrogens with two attached hydrogens (primary N) is 1. The molecule has 0 bridgehead atoms. The third kappa shape index (κ3) is 3.72. The number of benzene rings is 1. The summed E-state index contributed by atoms with van der Waals surface area (Å²) in [7, 11) is 0. The fraction of sp³-hybridized carbons (Fsp3) is 0.375. The van der Waals surface area contributed by atoms with Crippen molar-refractivity contribution in [1.82, 2.24) is 9.97 Å². The van der Waals surface area contributed by atoms with Crippen LogP contribution in [0.1, 0.15) is 31.2 Å². The quantitative estimate of drug-likeness (QED) is 0.446. The summed E-state index contributed by atoms with van der Waals surface area (Å²) in [6, 6.07) is 4.05. The van der Waals surface area contributed by atoms with E-state index in [-0.39, 0.29) is 17.1 Å². The van der Waals surface area contributed by atoms with Gasteiger partial charge in [-0.2, -0.15) is 0 Å². The van der Waals surface area contributed by atoms with Crippen LogP contribution in [-0.4, -0.2) is 21.8 Å². The number of hydrogen-bond acceptors (Lipinski definition) is 5. The number of nitrogens with zero attached hydrogens (tertiary/aromatic N) is 2. The van der Waals surface area contributed by atoms with Gasteiger partial charge in [0, 0.05) is 17.7 Å². The number of hydrogen-bond donors (Lipinski definition) is 2. The summed E-state index contributed by atoms with van der Waals surface area (Å²) in [5.74, 6) is -0.196. The van der Waals surface area contributed by atoms with Crippen molar-refractivity contribution in [1.29, 1.82) is 0 Å². The van der Waals surface area contributed by atoms with Crippen molar-refractivity contribution in [2.24, 2.45) is 0 Å². The summed E-state index contributed by atoms with van der Waals surface area (Å²) in [5.41, 5.74) is 7.00. The summed E-state index contributed by atoms with van der Waals surface area (Å²) in [6.45, 7) is 2.07. The molecule has 1 aromatic heterocycles. The molecule has 1 aromatic carbocycles. The summed E-state index contributed by atoms with van der Waals surface area (Å²) in [6.07, 6.45) is 1.79. The van der Waals surface area contributed by atoms with Crippen LogP contribution in [0.5, 0.6) is 0 Å². The van der Waals surface area contributed by atoms with Crippen molar-refractivity contribution in [3.8, 4) is 0 Å². The highest BCUT2D eigenvalue weighted by Gasteiger charge is 2.39. The molecule has 8 heteroatoms. The molecular formula is C16H17ClF2N4S. The molecule has 0 amide bonds. The molecule has 24 heavy (non-hydrogen) atoms. The van der Waals surface area contributed by atoms with E-state index in [1.54, 1.807) is 6.07 Å². The van der Waals surface area contributed by atoms with E-state index < -0.39 is 11.6 Å². The highest BCUT2D eigenvalue weighted by Crippen LogP contribution is 2.44. The lowest BCUT2D eigenvalue weighted by Crippen LogP contribution is -2.10. The zero-order chi connectivity index (χ0) is 17.3. The van der Waals surface area contributed by atoms with E-state index in [0.29, 0.717) is 16.7 Å². The largest absolute Gasteiger partial charge is 0.393 e. The van der Waals surface area contributed by atoms with Gasteiger partial charge in [-0.15, -0.1) is 0 Å². The predicted molar refractivity (Wildman–Crippen MR) is 93.6 cm³/mol. The summed E-state index contributed by atoms with van der Waals surface area (Å²) < 4.78 is 26.4. The fourth-order valence-electron chi connectivity index (χ4n) is 2.43. The number of thioether (sulfide) groups is 1. The Morgan fingerprint density at radius 2 is 2.12 bits per heavy atom. The molecule has 2 atom stereocenters. The Balaban J connectivity index is 1.72. The van der Waals surface area contributed by atoms with E-state index in [2.05, 4.69) is 22.2 Å². The molecule has 3 rings (SSSR count). The molecule has 0 unspecified atom stereocenters. The van der Waals surface area contributed by atoms with E-state index in [1.165, 1.54) is 17.8 Å². The maximum atomic E-state index is 13.4. The molecule has 4 nitrogen and oxygen atoms in total. The van der Waals surface area contributed by atoms with Gasteiger partial charge in [-0.05, 0) is 30.5 Å². The molecule has 128 valence electrons. The monoisotopic (exact) mass is 370 g/mol. The molecule has 3 N–H and O–H groups in total. The smallest absolute Gasteiger partial charge is 0.191 e. The Morgan fingerprint density at radius 3 is 2.83 bits per heavy atom. The van der Waals surface area contributed by atoms with Gasteiger partial charge in [-0.25, -0.2) is 18.7 Å². The van der Waals surface area contributed by atoms with Gasteiger partial charge in [-0.1, -0.05) is 36.4 Å². The molecule has 1 aliphatic carbocycles. The lowest BCUT2D eigenvalue weighted by molar-refractivity contribution is 0.507. The van der Waals surface area contributed by atoms with Crippen molar-refractivity contribution >= 4 is 34.9 Å². The standard InChI is InChI=1S/C16H17ClF2N4S/c1-2-5-24-16-22-14(17)13(20)15(23-16)21-12-7-9(12)8-3-4-10(18)11(19)6-8/h3-4,6,9,12H,2,5,7,20H2,1H3,(H,21,22,23)/t9-,12+/m0/s1. The molecular weight excluding hydrogens is 354 g/mol. The minimum atomic E-state index is -0.840. The maximum Gasteiger partial charge on any atom is 0.191 e. The van der Waals surface area contributed by atoms with Gasteiger partial charge in [0.25, 0.3) is 0 Å². The van der Waals surface area contributed by atoms with Gasteiger partial charge in [0.1, 0.15) is 5.69 Å². The fourth-order valence-corrected chi connectivity index (χ4v) is 3.35. The minimum absolute atomic E-state index is 0.0622. The summed E-state index contributed by atoms with van der Waals surface area (Å²) >= 11 is 7.58. The second kappa shape index (κ2) is 7.11. The van der Waals surface area contributed by atoms with Crippen molar-refractivity contribution in [3.05, 3.63) is 40.6 Å². The normalized spacial score (nSPS) is 19.3. The van der Waals surface area contributed by atoms with Gasteiger partial charge in [0.05, 0.1) is 0 Å². The van der Waals surface area contributed by atoms with Crippen molar-refractivity contribution < 1.29 is 8.78 Å². The van der Waals surface area contributed by atoms with Crippen LogP contribution in [0.15, 0.2) is 23.4 Å². The molecule has 2 aromatic rings. The Kier molecular flexibility index (Phi) is 5.10. The Hall–Kier alpha value is -1.60. The number of halogens is 3. The molecule has 1 aliphatic rings. The average molecular weight is 371 g/mol. The number of nitrogen functional groups attached to an aromatic ring is 1. The second-order valence-electron chi connectivity index (χ2n) is 5.67. The van der Waals surface area contributed by atoms with Gasteiger partial charge in [0.2, 0.25) is 0 Å². The number of rotatable bonds is 6. The van der Waals surface area contributed by atoms with Crippen molar-refractivity contribution in [3.63, 3.8) is 0 Å². The highest BCUT2D eigenvalue weighted by atomic mass is 35.5. The second-order valence-corrected chi connectivity index (χ2v) is 7.09. The maximum absolute atomic E-state index is 13.4. The molecule has 1 heterocycles. The number of anilines is 2. The van der Waals surface area contributed by atoms with Crippen LogP contribution < -0.4 is 11.1 Å². The summed E-state index contributed by atoms with van der Waals surface area (Å²) in [5, 5.41) is 4.03. The van der Waals surface area contributed by atoms with Crippen LogP contribution in [-0.2, 0) is 0 Å². The highest BCUT2D eigenvalue weighted by molar-refractivity contribution is 7.99. The first-order valence-corrected chi connectivity index (χ1v) is 9.03. The third-order valence-corrected chi connectivity index (χ3v) is 5.14. The van der Waals surface area contributed by atoms with E-state index in [4.69, 9.17) is 17.3 Å². The molecule has 1 fully saturated rings. The van der Waals surface area contributed by atoms with Crippen LogP contribution in [0.2, 0.25) is 5.15 Å². The van der Waals surface area contributed by atoms with Gasteiger partial charge < -0.3 is 11.1 Å². The zero-order valence-corrected chi connectivity index (χ0v) is 14.6. The predicted octanol–water partition coefficient (Wildman–Crippen LogP) is 4.46. The SMILES string of the molecule is CCCSc1nc(Cl)c(N)c(N[C@@H]2C[C@H]2c2ccc(F)c(F)c2)n1. The van der Waals surface area contributed by atoms with Crippen LogP contribution >= 0.6 is 23.4 Å². The summed E-state index contributed by atoms with van der Waals surface area (Å²) in [4.78, 5) is 8.57. The van der Waals surface area contributed by atoms with Crippen LogP contribution in [0.3, 0.4) is 0 Å². The van der Waals surface area contributed by atoms with Gasteiger partial charge in [-0.3, -0.25) is 0 Å². The third-order valence-electron chi connectivity index (χ3n) is 3.80. The van der Waals surface area contributed by atoms with Gasteiger partial charge in [0.15, 0.2) is 27.8 Å². The first kappa shape index (κ1) is 17.2. The minimum Gasteiger partial charge on any atom is -0.393 e. The van der Waals surface area contributed by atoms with Crippen LogP contribution in [0.4, 0.5) is 20.3 Å². The first-order chi connectivity index (χ1) is 11.5. The molecule has 0 spiro atoms.